The average Bonchev–Trinajstić information content (AvgIpc) is 2.89. The third-order valence-electron chi connectivity index (χ3n) is 8.00. The molecule has 1 aliphatic heterocycles. The molecule has 2 saturated carbocycles. The van der Waals surface area contributed by atoms with Crippen molar-refractivity contribution >= 4 is 29.7 Å². The molecule has 3 aliphatic rings. The third-order valence-corrected chi connectivity index (χ3v) is 9.40. The van der Waals surface area contributed by atoms with Gasteiger partial charge in [-0.05, 0) is 80.2 Å². The Morgan fingerprint density at radius 1 is 1.03 bits per heavy atom. The van der Waals surface area contributed by atoms with E-state index in [4.69, 9.17) is 0 Å². The maximum Gasteiger partial charge on any atom is 0.260 e. The molecule has 2 amide bonds. The molecule has 1 N–H and O–H groups in total. The van der Waals surface area contributed by atoms with E-state index in [1.165, 1.54) is 25.0 Å². The van der Waals surface area contributed by atoms with Crippen LogP contribution in [0.4, 0.5) is 4.39 Å². The molecule has 1 saturated heterocycles. The average molecular weight is 507 g/mol. The maximum atomic E-state index is 13.7. The van der Waals surface area contributed by atoms with E-state index in [0.29, 0.717) is 13.0 Å². The van der Waals surface area contributed by atoms with Gasteiger partial charge >= 0.3 is 0 Å². The van der Waals surface area contributed by atoms with Crippen molar-refractivity contribution in [3.05, 3.63) is 76.4 Å². The molecule has 3 unspecified atom stereocenters. The molecule has 36 heavy (non-hydrogen) atoms. The van der Waals surface area contributed by atoms with Crippen LogP contribution in [-0.2, 0) is 16.1 Å². The van der Waals surface area contributed by atoms with Gasteiger partial charge in [0.2, 0.25) is 5.91 Å². The molecule has 2 aromatic carbocycles. The lowest BCUT2D eigenvalue weighted by Gasteiger charge is -2.46. The third kappa shape index (κ3) is 5.86. The quantitative estimate of drug-likeness (QED) is 0.493. The molecule has 3 atom stereocenters. The summed E-state index contributed by atoms with van der Waals surface area (Å²) >= 11 is 1.66. The second-order valence-electron chi connectivity index (χ2n) is 10.7. The van der Waals surface area contributed by atoms with Crippen molar-refractivity contribution in [3.63, 3.8) is 0 Å². The van der Waals surface area contributed by atoms with Gasteiger partial charge in [-0.25, -0.2) is 4.39 Å². The van der Waals surface area contributed by atoms with Crippen LogP contribution in [0.15, 0.2) is 59.5 Å². The maximum absolute atomic E-state index is 13.7. The van der Waals surface area contributed by atoms with E-state index in [9.17, 15) is 14.0 Å². The Labute approximate surface area is 217 Å². The number of fused-ring (bicyclic) bond motifs is 1. The van der Waals surface area contributed by atoms with Crippen LogP contribution in [0.3, 0.4) is 0 Å². The molecule has 2 aliphatic carbocycles. The van der Waals surface area contributed by atoms with Gasteiger partial charge in [0.15, 0.2) is 0 Å². The van der Waals surface area contributed by atoms with Crippen molar-refractivity contribution in [3.8, 4) is 0 Å². The fourth-order valence-electron chi connectivity index (χ4n) is 5.82. The zero-order valence-electron chi connectivity index (χ0n) is 20.9. The molecule has 0 aromatic heterocycles. The number of hydrogen-bond acceptors (Lipinski definition) is 3. The number of carbonyl (C=O) groups is 2. The van der Waals surface area contributed by atoms with Crippen molar-refractivity contribution in [1.82, 2.24) is 10.2 Å². The fourth-order valence-corrected chi connectivity index (χ4v) is 7.24. The first kappa shape index (κ1) is 25.1. The molecular formula is C30H35FN2O2S. The van der Waals surface area contributed by atoms with Gasteiger partial charge in [0.05, 0.1) is 4.91 Å². The van der Waals surface area contributed by atoms with Crippen LogP contribution < -0.4 is 5.32 Å². The normalized spacial score (nSPS) is 29.6. The Balaban J connectivity index is 1.35. The lowest BCUT2D eigenvalue weighted by atomic mass is 9.82. The first-order valence-electron chi connectivity index (χ1n) is 13.3. The van der Waals surface area contributed by atoms with Crippen LogP contribution in [0.2, 0.25) is 0 Å². The zero-order valence-corrected chi connectivity index (χ0v) is 21.7. The minimum absolute atomic E-state index is 0.00301. The summed E-state index contributed by atoms with van der Waals surface area (Å²) in [6, 6.07) is 16.6. The predicted molar refractivity (Wildman–Crippen MR) is 143 cm³/mol. The molecule has 2 aromatic rings. The lowest BCUT2D eigenvalue weighted by molar-refractivity contribution is -0.134. The van der Waals surface area contributed by atoms with E-state index >= 15 is 0 Å². The van der Waals surface area contributed by atoms with Gasteiger partial charge < -0.3 is 10.2 Å². The Hall–Kier alpha value is -2.60. The monoisotopic (exact) mass is 506 g/mol. The van der Waals surface area contributed by atoms with Crippen molar-refractivity contribution in [2.24, 2.45) is 11.8 Å². The second kappa shape index (κ2) is 11.2. The van der Waals surface area contributed by atoms with E-state index < -0.39 is 0 Å². The van der Waals surface area contributed by atoms with Crippen LogP contribution in [-0.4, -0.2) is 34.0 Å². The number of rotatable bonds is 5. The van der Waals surface area contributed by atoms with E-state index in [-0.39, 0.29) is 40.9 Å². The second-order valence-corrected chi connectivity index (χ2v) is 12.0. The van der Waals surface area contributed by atoms with Crippen LogP contribution >= 0.6 is 11.8 Å². The predicted octanol–water partition coefficient (Wildman–Crippen LogP) is 6.17. The van der Waals surface area contributed by atoms with Gasteiger partial charge in [-0.1, -0.05) is 49.4 Å². The summed E-state index contributed by atoms with van der Waals surface area (Å²) in [6.07, 6.45) is 8.87. The lowest BCUT2D eigenvalue weighted by Crippen LogP contribution is -2.54. The molecule has 0 radical (unpaired) electrons. The molecule has 1 heterocycles. The van der Waals surface area contributed by atoms with Gasteiger partial charge in [-0.2, -0.15) is 0 Å². The van der Waals surface area contributed by atoms with Gasteiger partial charge in [0, 0.05) is 29.8 Å². The number of nitrogens with one attached hydrogen (secondary N) is 1. The smallest absolute Gasteiger partial charge is 0.260 e. The largest absolute Gasteiger partial charge is 0.353 e. The van der Waals surface area contributed by atoms with E-state index in [2.05, 4.69) is 12.2 Å². The van der Waals surface area contributed by atoms with Crippen molar-refractivity contribution in [1.29, 1.82) is 0 Å². The Kier molecular flexibility index (Phi) is 7.80. The van der Waals surface area contributed by atoms with Crippen LogP contribution in [0.25, 0.3) is 6.08 Å². The van der Waals surface area contributed by atoms with Gasteiger partial charge in [0.25, 0.3) is 5.91 Å². The molecular weight excluding hydrogens is 471 g/mol. The SMILES string of the molecule is CC1CCC(NC(=O)C2CCC3S/C(=C\c4ccccc4)C(=O)N(Cc4ccc(F)cc4)C3C2)CC1. The van der Waals surface area contributed by atoms with Crippen LogP contribution in [0.5, 0.6) is 0 Å². The first-order chi connectivity index (χ1) is 17.5. The summed E-state index contributed by atoms with van der Waals surface area (Å²) in [5.41, 5.74) is 1.90. The fraction of sp³-hybridized carbons (Fsp3) is 0.467. The highest BCUT2D eigenvalue weighted by atomic mass is 32.2. The molecule has 3 fully saturated rings. The molecule has 190 valence electrons. The Morgan fingerprint density at radius 3 is 2.47 bits per heavy atom. The summed E-state index contributed by atoms with van der Waals surface area (Å²) in [7, 11) is 0. The number of thioether (sulfide) groups is 1. The standard InChI is InChI=1S/C30H35FN2O2S/c1-20-7-14-25(15-8-20)32-29(34)23-11-16-27-26(18-23)33(19-22-9-12-24(31)13-10-22)30(35)28(36-27)17-21-5-3-2-4-6-21/h2-6,9-10,12-13,17,20,23,25-27H,7-8,11,14-16,18-19H2,1H3,(H,32,34)/b28-17-. The number of carbonyl (C=O) groups excluding carboxylic acids is 2. The number of benzene rings is 2. The van der Waals surface area contributed by atoms with Gasteiger partial charge in [-0.3, -0.25) is 9.59 Å². The van der Waals surface area contributed by atoms with Gasteiger partial charge in [-0.15, -0.1) is 11.8 Å². The summed E-state index contributed by atoms with van der Waals surface area (Å²) in [4.78, 5) is 29.7. The zero-order chi connectivity index (χ0) is 25.1. The highest BCUT2D eigenvalue weighted by Crippen LogP contribution is 2.44. The van der Waals surface area contributed by atoms with Crippen molar-refractivity contribution < 1.29 is 14.0 Å². The number of hydrogen-bond donors (Lipinski definition) is 1. The number of halogens is 1. The van der Waals surface area contributed by atoms with Gasteiger partial charge in [0.1, 0.15) is 5.82 Å². The van der Waals surface area contributed by atoms with Crippen molar-refractivity contribution in [2.45, 2.75) is 75.7 Å². The van der Waals surface area contributed by atoms with E-state index in [1.807, 2.05) is 41.3 Å². The molecule has 5 rings (SSSR count). The van der Waals surface area contributed by atoms with E-state index in [1.54, 1.807) is 23.9 Å². The molecule has 0 bridgehead atoms. The number of amides is 2. The molecule has 6 heteroatoms. The van der Waals surface area contributed by atoms with Crippen LogP contribution in [0, 0.1) is 17.7 Å². The first-order valence-corrected chi connectivity index (χ1v) is 14.1. The summed E-state index contributed by atoms with van der Waals surface area (Å²) in [5, 5.41) is 3.57. The number of nitrogens with zero attached hydrogens (tertiary/aromatic N) is 1. The Morgan fingerprint density at radius 2 is 1.75 bits per heavy atom. The van der Waals surface area contributed by atoms with Crippen molar-refractivity contribution in [2.75, 3.05) is 0 Å². The summed E-state index contributed by atoms with van der Waals surface area (Å²) in [6.45, 7) is 2.70. The Bertz CT molecular complexity index is 1100. The van der Waals surface area contributed by atoms with Crippen LogP contribution in [0.1, 0.15) is 63.0 Å². The highest BCUT2D eigenvalue weighted by molar-refractivity contribution is 8.04. The highest BCUT2D eigenvalue weighted by Gasteiger charge is 2.44. The summed E-state index contributed by atoms with van der Waals surface area (Å²) < 4.78 is 13.5. The topological polar surface area (TPSA) is 49.4 Å². The molecule has 0 spiro atoms. The van der Waals surface area contributed by atoms with E-state index in [0.717, 1.165) is 47.6 Å². The molecule has 4 nitrogen and oxygen atoms in total. The minimum atomic E-state index is -0.284. The summed E-state index contributed by atoms with van der Waals surface area (Å²) in [5.74, 6) is 0.536. The minimum Gasteiger partial charge on any atom is -0.353 e.